The fourth-order valence-electron chi connectivity index (χ4n) is 14.1. The van der Waals surface area contributed by atoms with Crippen molar-refractivity contribution in [3.8, 4) is 56.3 Å². The van der Waals surface area contributed by atoms with Gasteiger partial charge < -0.3 is 0 Å². The van der Waals surface area contributed by atoms with Gasteiger partial charge in [-0.05, 0) is 234 Å². The molecule has 560 valence electrons. The standard InChI is InChI=1S/2C22H32N.2C19H26N.C18H24N/c2*1-15(2)10-19-13-22(21-9-8-17(5)12-18(21)6)23(7)14-20(19)11-16(3)4;2*1-13-8-9-16(14(2)10-13)18-11-15(3)17(12-20(18)7)19(4,5)6;1-13-9-7-8-10-15(13)17-11-14(2)16(12-19(17)6)18(3,4)5/h2*8-9,12-16H,10-11H2,1-7H3;2*8-12H,1-7H3;7-12H,1-6H3/q5*+1/i5D3,10D2,11D2;;1D3,3D3;;. The number of hydrogen-bond donors (Lipinski definition) is 0. The van der Waals surface area contributed by atoms with E-state index in [1.165, 1.54) is 95.0 Å². The molecule has 0 saturated heterocycles. The molecular formula is C100H140N5+5. The van der Waals surface area contributed by atoms with E-state index in [0.29, 0.717) is 34.2 Å². The summed E-state index contributed by atoms with van der Waals surface area (Å²) in [6.45, 7) is 48.4. The average molecular weight is 1430 g/mol. The predicted octanol–water partition coefficient (Wildman–Crippen LogP) is 23.3. The molecule has 10 rings (SSSR count). The molecule has 5 heteroatoms. The van der Waals surface area contributed by atoms with Gasteiger partial charge in [-0.3, -0.25) is 0 Å². The van der Waals surface area contributed by atoms with E-state index in [9.17, 15) is 0 Å². The van der Waals surface area contributed by atoms with Crippen LogP contribution in [0, 0.1) is 107 Å². The monoisotopic (exact) mass is 1420 g/mol. The van der Waals surface area contributed by atoms with E-state index >= 15 is 0 Å². The van der Waals surface area contributed by atoms with Crippen molar-refractivity contribution in [2.24, 2.45) is 58.9 Å². The molecule has 0 bridgehead atoms. The van der Waals surface area contributed by atoms with Crippen molar-refractivity contribution in [2.75, 3.05) is 0 Å². The summed E-state index contributed by atoms with van der Waals surface area (Å²) >= 11 is 0. The molecule has 0 N–H and O–H groups in total. The highest BCUT2D eigenvalue weighted by Crippen LogP contribution is 2.34. The van der Waals surface area contributed by atoms with Crippen molar-refractivity contribution < 1.29 is 40.7 Å². The zero-order valence-electron chi connectivity index (χ0n) is 83.5. The van der Waals surface area contributed by atoms with Gasteiger partial charge in [0.1, 0.15) is 35.2 Å². The Kier molecular flexibility index (Phi) is 23.4. The van der Waals surface area contributed by atoms with Gasteiger partial charge in [-0.25, -0.2) is 22.8 Å². The Morgan fingerprint density at radius 3 is 0.924 bits per heavy atom. The first kappa shape index (κ1) is 67.5. The van der Waals surface area contributed by atoms with Crippen LogP contribution in [0.2, 0.25) is 0 Å². The van der Waals surface area contributed by atoms with E-state index in [4.69, 9.17) is 17.8 Å². The fourth-order valence-corrected chi connectivity index (χ4v) is 14.1. The number of pyridine rings is 5. The van der Waals surface area contributed by atoms with Crippen molar-refractivity contribution in [1.29, 1.82) is 0 Å². The minimum atomic E-state index is -2.22. The zero-order valence-corrected chi connectivity index (χ0v) is 70.5. The number of benzene rings is 5. The molecule has 0 unspecified atom stereocenters. The summed E-state index contributed by atoms with van der Waals surface area (Å²) in [7, 11) is 10.1. The van der Waals surface area contributed by atoms with Crippen molar-refractivity contribution >= 4 is 0 Å². The van der Waals surface area contributed by atoms with Gasteiger partial charge in [0.25, 0.3) is 0 Å². The van der Waals surface area contributed by atoms with E-state index in [1.807, 2.05) is 52.4 Å². The van der Waals surface area contributed by atoms with E-state index in [0.717, 1.165) is 46.4 Å². The van der Waals surface area contributed by atoms with E-state index in [-0.39, 0.29) is 39.2 Å². The van der Waals surface area contributed by atoms with Gasteiger partial charge in [0.15, 0.2) is 31.0 Å². The third-order valence-corrected chi connectivity index (χ3v) is 19.3. The molecule has 0 aliphatic rings. The molecule has 5 heterocycles. The van der Waals surface area contributed by atoms with Crippen LogP contribution in [0.5, 0.6) is 0 Å². The first-order valence-electron chi connectivity index (χ1n) is 44.5. The zero-order chi connectivity index (χ0) is 89.7. The minimum absolute atomic E-state index is 0.183. The lowest BCUT2D eigenvalue weighted by atomic mass is 9.84. The molecule has 0 atom stereocenters. The molecule has 10 aromatic rings. The van der Waals surface area contributed by atoms with Crippen LogP contribution in [0.15, 0.2) is 158 Å². The third-order valence-electron chi connectivity index (χ3n) is 19.3. The maximum Gasteiger partial charge on any atom is 0.212 e. The highest BCUT2D eigenvalue weighted by atomic mass is 14.9. The van der Waals surface area contributed by atoms with Crippen LogP contribution in [-0.2, 0) is 77.1 Å². The lowest BCUT2D eigenvalue weighted by molar-refractivity contribution is -0.661. The normalized spacial score (nSPS) is 14.1. The molecule has 0 radical (unpaired) electrons. The molecule has 0 saturated carbocycles. The lowest BCUT2D eigenvalue weighted by Gasteiger charge is -2.20. The molecule has 5 aromatic carbocycles. The SMILES string of the molecule is Cc1ccc(-c2cc(C)c(C(C)(C)C)c[n+]2C)c(C)c1.Cc1ccc(-c2cc(CC(C)C)c(CC(C)C)c[n+]2C)c(C)c1.Cc1ccccc1-c1cc(C)c(C(C)(C)C)c[n+]1C.[2H]C([2H])([2H])c1ccc(-c2cc(C([2H])([2H])C(C)C)c(C([2H])([2H])C(C)C)c[n+]2C)c(C)c1.[2H]C([2H])([2H])c1ccc(-c2cc(C([2H])([2H])[2H])c(C(C)(C)C)c[n+]2C)c(C)c1. The van der Waals surface area contributed by atoms with Gasteiger partial charge in [0.05, 0.1) is 0 Å². The van der Waals surface area contributed by atoms with Crippen LogP contribution < -0.4 is 22.8 Å². The van der Waals surface area contributed by atoms with E-state index in [2.05, 4.69) is 250 Å². The van der Waals surface area contributed by atoms with Gasteiger partial charge in [-0.2, -0.15) is 0 Å². The fraction of sp³-hybridized carbons (Fsp3) is 0.450. The minimum Gasteiger partial charge on any atom is -0.201 e. The molecule has 0 amide bonds. The summed E-state index contributed by atoms with van der Waals surface area (Å²) in [5.41, 5.74) is 30.2. The van der Waals surface area contributed by atoms with E-state index in [1.54, 1.807) is 94.0 Å². The van der Waals surface area contributed by atoms with E-state index < -0.39 is 33.3 Å². The van der Waals surface area contributed by atoms with Crippen molar-refractivity contribution in [1.82, 2.24) is 0 Å². The molecule has 0 aliphatic heterocycles. The number of aromatic nitrogens is 5. The van der Waals surface area contributed by atoms with Crippen LogP contribution in [-0.4, -0.2) is 0 Å². The highest BCUT2D eigenvalue weighted by molar-refractivity contribution is 5.66. The second-order valence-corrected chi connectivity index (χ2v) is 34.3. The van der Waals surface area contributed by atoms with Gasteiger partial charge in [0, 0.05) is 104 Å². The third kappa shape index (κ3) is 23.7. The van der Waals surface area contributed by atoms with Gasteiger partial charge >= 0.3 is 0 Å². The summed E-state index contributed by atoms with van der Waals surface area (Å²) < 4.78 is 115. The Morgan fingerprint density at radius 1 is 0.286 bits per heavy atom. The number of hydrogen-bond acceptors (Lipinski definition) is 0. The molecule has 0 fully saturated rings. The topological polar surface area (TPSA) is 19.4 Å². The Morgan fingerprint density at radius 2 is 0.581 bits per heavy atom. The van der Waals surface area contributed by atoms with Gasteiger partial charge in [-0.1, -0.05) is 207 Å². The van der Waals surface area contributed by atoms with Crippen LogP contribution in [0.4, 0.5) is 0 Å². The average Bonchev–Trinajstić information content (AvgIpc) is 0.759. The quantitative estimate of drug-likeness (QED) is 0.103. The van der Waals surface area contributed by atoms with Crippen molar-refractivity contribution in [2.45, 2.75) is 242 Å². The second-order valence-electron chi connectivity index (χ2n) is 34.3. The largest absolute Gasteiger partial charge is 0.212 e. The molecular weight excluding hydrogens is 1270 g/mol. The van der Waals surface area contributed by atoms with Gasteiger partial charge in [0.2, 0.25) is 28.5 Å². The van der Waals surface area contributed by atoms with Crippen LogP contribution >= 0.6 is 0 Å². The first-order chi connectivity index (χ1) is 53.9. The summed E-state index contributed by atoms with van der Waals surface area (Å²) in [4.78, 5) is 0. The van der Waals surface area contributed by atoms with Gasteiger partial charge in [-0.15, -0.1) is 0 Å². The molecule has 0 spiro atoms. The smallest absolute Gasteiger partial charge is 0.201 e. The number of nitrogens with zero attached hydrogens (tertiary/aromatic N) is 5. The highest BCUT2D eigenvalue weighted by Gasteiger charge is 2.28. The summed E-state index contributed by atoms with van der Waals surface area (Å²) in [6, 6.07) is 42.4. The molecule has 105 heavy (non-hydrogen) atoms. The van der Waals surface area contributed by atoms with Crippen LogP contribution in [0.1, 0.15) is 241 Å². The summed E-state index contributed by atoms with van der Waals surface area (Å²) in [6.07, 6.45) is 9.34. The van der Waals surface area contributed by atoms with Crippen LogP contribution in [0.3, 0.4) is 0 Å². The lowest BCUT2D eigenvalue weighted by Crippen LogP contribution is -2.34. The van der Waals surface area contributed by atoms with Crippen molar-refractivity contribution in [3.63, 3.8) is 0 Å². The number of aryl methyl sites for hydroxylation is 17. The molecule has 5 aromatic heterocycles. The maximum atomic E-state index is 8.70. The number of rotatable bonds is 13. The maximum absolute atomic E-state index is 8.70. The van der Waals surface area contributed by atoms with Crippen molar-refractivity contribution in [3.05, 3.63) is 264 Å². The predicted molar refractivity (Wildman–Crippen MR) is 452 cm³/mol. The Hall–Kier alpha value is -8.15. The second kappa shape index (κ2) is 36.4. The summed E-state index contributed by atoms with van der Waals surface area (Å²) in [5.74, 6) is 0.692. The molecule has 5 nitrogen and oxygen atoms in total. The Labute approximate surface area is 659 Å². The molecule has 0 aliphatic carbocycles. The van der Waals surface area contributed by atoms with Crippen LogP contribution in [0.25, 0.3) is 56.3 Å². The first-order valence-corrected chi connectivity index (χ1v) is 38.0. The Bertz CT molecular complexity index is 5180. The summed E-state index contributed by atoms with van der Waals surface area (Å²) in [5, 5.41) is 0. The Balaban J connectivity index is 0.000000231.